The normalized spacial score (nSPS) is 10.6. The van der Waals surface area contributed by atoms with Crippen molar-refractivity contribution >= 4 is 17.2 Å². The summed E-state index contributed by atoms with van der Waals surface area (Å²) in [4.78, 5) is 16.0. The van der Waals surface area contributed by atoms with Gasteiger partial charge in [-0.3, -0.25) is 4.79 Å². The van der Waals surface area contributed by atoms with Crippen molar-refractivity contribution in [3.8, 4) is 11.8 Å². The predicted molar refractivity (Wildman–Crippen MR) is 83.9 cm³/mol. The van der Waals surface area contributed by atoms with E-state index in [0.717, 1.165) is 18.0 Å². The first kappa shape index (κ1) is 16.7. The van der Waals surface area contributed by atoms with Crippen molar-refractivity contribution in [1.29, 1.82) is 0 Å². The molecule has 0 saturated carbocycles. The van der Waals surface area contributed by atoms with Crippen LogP contribution in [-0.2, 0) is 0 Å². The summed E-state index contributed by atoms with van der Waals surface area (Å²) in [7, 11) is 0. The van der Waals surface area contributed by atoms with Gasteiger partial charge in [-0.2, -0.15) is 0 Å². The third-order valence-corrected chi connectivity index (χ3v) is 3.55. The Balaban J connectivity index is 2.85. The second kappa shape index (κ2) is 8.08. The predicted octanol–water partition coefficient (Wildman–Crippen LogP) is 2.85. The Bertz CT molecular complexity index is 484. The number of amides is 1. The minimum absolute atomic E-state index is 0.0782. The van der Waals surface area contributed by atoms with Crippen molar-refractivity contribution in [2.75, 3.05) is 19.7 Å². The van der Waals surface area contributed by atoms with E-state index in [-0.39, 0.29) is 12.5 Å². The topological polar surface area (TPSA) is 40.5 Å². The summed E-state index contributed by atoms with van der Waals surface area (Å²) in [6.07, 6.45) is 0. The number of carbonyl (C=O) groups excluding carboxylic acids is 1. The summed E-state index contributed by atoms with van der Waals surface area (Å²) < 4.78 is 0. The van der Waals surface area contributed by atoms with Gasteiger partial charge in [0.15, 0.2) is 0 Å². The quantitative estimate of drug-likeness (QED) is 0.848. The molecule has 1 aromatic heterocycles. The highest BCUT2D eigenvalue weighted by Crippen LogP contribution is 2.19. The van der Waals surface area contributed by atoms with Crippen LogP contribution in [0.2, 0.25) is 0 Å². The number of nitrogens with zero attached hydrogens (tertiary/aromatic N) is 1. The van der Waals surface area contributed by atoms with Gasteiger partial charge in [-0.1, -0.05) is 39.5 Å². The first-order chi connectivity index (χ1) is 9.43. The van der Waals surface area contributed by atoms with E-state index in [2.05, 4.69) is 39.5 Å². The molecule has 0 bridgehead atoms. The zero-order chi connectivity index (χ0) is 15.1. The molecule has 20 heavy (non-hydrogen) atoms. The zero-order valence-electron chi connectivity index (χ0n) is 12.6. The molecule has 0 spiro atoms. The minimum atomic E-state index is -0.159. The maximum absolute atomic E-state index is 12.5. The molecular formula is C16H23NO2S. The SMILES string of the molecule is CC(C)CN(CC(C)C)C(=O)c1ccc(C#CCO)s1. The second-order valence-corrected chi connectivity index (χ2v) is 6.71. The Morgan fingerprint density at radius 2 is 1.85 bits per heavy atom. The first-order valence-corrected chi connectivity index (χ1v) is 7.74. The van der Waals surface area contributed by atoms with Gasteiger partial charge in [0.25, 0.3) is 5.91 Å². The fraction of sp³-hybridized carbons (Fsp3) is 0.562. The van der Waals surface area contributed by atoms with E-state index in [9.17, 15) is 4.79 Å². The highest BCUT2D eigenvalue weighted by molar-refractivity contribution is 7.14. The largest absolute Gasteiger partial charge is 0.384 e. The molecular weight excluding hydrogens is 270 g/mol. The summed E-state index contributed by atoms with van der Waals surface area (Å²) >= 11 is 1.39. The van der Waals surface area contributed by atoms with Crippen LogP contribution in [0.25, 0.3) is 0 Å². The Kier molecular flexibility index (Phi) is 6.77. The standard InChI is InChI=1S/C16H23NO2S/c1-12(2)10-17(11-13(3)4)16(19)15-8-7-14(20-15)6-5-9-18/h7-8,12-13,18H,9-11H2,1-4H3. The first-order valence-electron chi connectivity index (χ1n) is 6.92. The van der Waals surface area contributed by atoms with Crippen LogP contribution in [0.15, 0.2) is 12.1 Å². The van der Waals surface area contributed by atoms with Crippen molar-refractivity contribution in [2.24, 2.45) is 11.8 Å². The fourth-order valence-corrected chi connectivity index (χ4v) is 2.77. The van der Waals surface area contributed by atoms with E-state index in [1.807, 2.05) is 17.0 Å². The van der Waals surface area contributed by atoms with E-state index in [1.54, 1.807) is 0 Å². The van der Waals surface area contributed by atoms with Gasteiger partial charge in [-0.15, -0.1) is 11.3 Å². The van der Waals surface area contributed by atoms with E-state index in [0.29, 0.717) is 16.7 Å². The van der Waals surface area contributed by atoms with Crippen LogP contribution in [0.1, 0.15) is 42.2 Å². The fourth-order valence-electron chi connectivity index (χ4n) is 1.92. The molecule has 0 aromatic carbocycles. The number of thiophene rings is 1. The van der Waals surface area contributed by atoms with E-state index >= 15 is 0 Å². The molecule has 1 N–H and O–H groups in total. The summed E-state index contributed by atoms with van der Waals surface area (Å²) in [6, 6.07) is 3.66. The average molecular weight is 293 g/mol. The molecule has 0 aliphatic carbocycles. The number of hydrogen-bond acceptors (Lipinski definition) is 3. The molecule has 0 aliphatic rings. The number of rotatable bonds is 5. The maximum atomic E-state index is 12.5. The summed E-state index contributed by atoms with van der Waals surface area (Å²) in [6.45, 7) is 9.86. The van der Waals surface area contributed by atoms with Crippen LogP contribution >= 0.6 is 11.3 Å². The Morgan fingerprint density at radius 1 is 1.25 bits per heavy atom. The highest BCUT2D eigenvalue weighted by Gasteiger charge is 2.19. The molecule has 110 valence electrons. The Hall–Kier alpha value is -1.31. The van der Waals surface area contributed by atoms with Gasteiger partial charge >= 0.3 is 0 Å². The van der Waals surface area contributed by atoms with Crippen LogP contribution in [0.4, 0.5) is 0 Å². The molecule has 0 atom stereocenters. The minimum Gasteiger partial charge on any atom is -0.384 e. The third-order valence-electron chi connectivity index (χ3n) is 2.57. The van der Waals surface area contributed by atoms with Crippen molar-refractivity contribution in [3.63, 3.8) is 0 Å². The lowest BCUT2D eigenvalue weighted by atomic mass is 10.1. The van der Waals surface area contributed by atoms with E-state index < -0.39 is 0 Å². The maximum Gasteiger partial charge on any atom is 0.263 e. The molecule has 0 fully saturated rings. The van der Waals surface area contributed by atoms with Crippen molar-refractivity contribution < 1.29 is 9.90 Å². The third kappa shape index (κ3) is 5.36. The van der Waals surface area contributed by atoms with Gasteiger partial charge in [0.05, 0.1) is 9.75 Å². The summed E-state index contributed by atoms with van der Waals surface area (Å²) in [5.74, 6) is 6.42. The van der Waals surface area contributed by atoms with Gasteiger partial charge in [-0.05, 0) is 24.0 Å². The number of hydrogen-bond donors (Lipinski definition) is 1. The van der Waals surface area contributed by atoms with Crippen LogP contribution in [0.5, 0.6) is 0 Å². The molecule has 1 heterocycles. The number of carbonyl (C=O) groups is 1. The lowest BCUT2D eigenvalue weighted by Crippen LogP contribution is -2.36. The average Bonchev–Trinajstić information content (AvgIpc) is 2.82. The van der Waals surface area contributed by atoms with E-state index in [1.165, 1.54) is 11.3 Å². The Labute approximate surface area is 125 Å². The lowest BCUT2D eigenvalue weighted by molar-refractivity contribution is 0.0720. The second-order valence-electron chi connectivity index (χ2n) is 5.62. The molecule has 1 amide bonds. The molecule has 1 rings (SSSR count). The van der Waals surface area contributed by atoms with Gasteiger partial charge in [0, 0.05) is 13.1 Å². The summed E-state index contributed by atoms with van der Waals surface area (Å²) in [5.41, 5.74) is 0. The molecule has 1 aromatic rings. The molecule has 0 radical (unpaired) electrons. The van der Waals surface area contributed by atoms with Crippen molar-refractivity contribution in [3.05, 3.63) is 21.9 Å². The van der Waals surface area contributed by atoms with Crippen molar-refractivity contribution in [2.45, 2.75) is 27.7 Å². The summed E-state index contributed by atoms with van der Waals surface area (Å²) in [5, 5.41) is 8.69. The molecule has 0 aliphatic heterocycles. The van der Waals surface area contributed by atoms with Gasteiger partial charge in [-0.25, -0.2) is 0 Å². The van der Waals surface area contributed by atoms with Gasteiger partial charge < -0.3 is 10.0 Å². The Morgan fingerprint density at radius 3 is 2.35 bits per heavy atom. The lowest BCUT2D eigenvalue weighted by Gasteiger charge is -2.25. The van der Waals surface area contributed by atoms with Crippen LogP contribution in [-0.4, -0.2) is 35.6 Å². The van der Waals surface area contributed by atoms with Crippen molar-refractivity contribution in [1.82, 2.24) is 4.90 Å². The molecule has 4 heteroatoms. The highest BCUT2D eigenvalue weighted by atomic mass is 32.1. The van der Waals surface area contributed by atoms with Crippen LogP contribution in [0.3, 0.4) is 0 Å². The number of aliphatic hydroxyl groups is 1. The molecule has 3 nitrogen and oxygen atoms in total. The van der Waals surface area contributed by atoms with Crippen LogP contribution in [0, 0.1) is 23.7 Å². The van der Waals surface area contributed by atoms with Gasteiger partial charge in [0.2, 0.25) is 0 Å². The van der Waals surface area contributed by atoms with Gasteiger partial charge in [0.1, 0.15) is 6.61 Å². The van der Waals surface area contributed by atoms with E-state index in [4.69, 9.17) is 5.11 Å². The smallest absolute Gasteiger partial charge is 0.263 e. The zero-order valence-corrected chi connectivity index (χ0v) is 13.5. The molecule has 0 unspecified atom stereocenters. The monoisotopic (exact) mass is 293 g/mol. The van der Waals surface area contributed by atoms with Crippen LogP contribution < -0.4 is 0 Å². The number of aliphatic hydroxyl groups excluding tert-OH is 1. The molecule has 0 saturated heterocycles.